The molecule has 1 fully saturated rings. The second-order valence-corrected chi connectivity index (χ2v) is 11.2. The highest BCUT2D eigenvalue weighted by molar-refractivity contribution is 7.91. The van der Waals surface area contributed by atoms with Crippen LogP contribution in [0.25, 0.3) is 11.1 Å². The smallest absolute Gasteiger partial charge is 0.261 e. The van der Waals surface area contributed by atoms with Crippen LogP contribution in [0, 0.1) is 5.82 Å². The van der Waals surface area contributed by atoms with E-state index in [0.717, 1.165) is 16.7 Å². The molecule has 1 aliphatic heterocycles. The van der Waals surface area contributed by atoms with E-state index in [0.29, 0.717) is 22.2 Å². The van der Waals surface area contributed by atoms with Crippen molar-refractivity contribution in [3.8, 4) is 16.9 Å². The molecule has 1 atom stereocenters. The summed E-state index contributed by atoms with van der Waals surface area (Å²) in [5, 5.41) is 1.08. The van der Waals surface area contributed by atoms with E-state index >= 15 is 0 Å². The van der Waals surface area contributed by atoms with Crippen LogP contribution in [0.15, 0.2) is 66.7 Å². The van der Waals surface area contributed by atoms with Gasteiger partial charge in [-0.3, -0.25) is 4.79 Å². The molecule has 1 aliphatic rings. The van der Waals surface area contributed by atoms with Crippen molar-refractivity contribution in [2.45, 2.75) is 19.0 Å². The lowest BCUT2D eigenvalue weighted by Crippen LogP contribution is -2.43. The molecule has 3 aromatic carbocycles. The van der Waals surface area contributed by atoms with Crippen LogP contribution in [-0.2, 0) is 21.2 Å². The predicted molar refractivity (Wildman–Crippen MR) is 131 cm³/mol. The third-order valence-corrected chi connectivity index (χ3v) is 7.99. The Balaban J connectivity index is 1.50. The number of hydrogen-bond donors (Lipinski definition) is 0. The first kappa shape index (κ1) is 24.5. The van der Waals surface area contributed by atoms with Crippen LogP contribution < -0.4 is 4.74 Å². The van der Waals surface area contributed by atoms with E-state index in [1.54, 1.807) is 17.0 Å². The third kappa shape index (κ3) is 6.09. The van der Waals surface area contributed by atoms with Crippen LogP contribution >= 0.6 is 23.2 Å². The van der Waals surface area contributed by atoms with E-state index in [4.69, 9.17) is 27.9 Å². The molecule has 0 radical (unpaired) electrons. The Bertz CT molecular complexity index is 1280. The molecule has 1 unspecified atom stereocenters. The first-order valence-corrected chi connectivity index (χ1v) is 13.2. The van der Waals surface area contributed by atoms with E-state index < -0.39 is 21.7 Å². The predicted octanol–water partition coefficient (Wildman–Crippen LogP) is 5.39. The highest BCUT2D eigenvalue weighted by atomic mass is 35.5. The first-order valence-electron chi connectivity index (χ1n) is 10.6. The number of amides is 1. The van der Waals surface area contributed by atoms with Gasteiger partial charge in [0.15, 0.2) is 16.4 Å². The summed E-state index contributed by atoms with van der Waals surface area (Å²) in [6.07, 6.45) is 0.378. The van der Waals surface area contributed by atoms with Gasteiger partial charge >= 0.3 is 0 Å². The third-order valence-electron chi connectivity index (χ3n) is 5.69. The van der Waals surface area contributed by atoms with Gasteiger partial charge in [0, 0.05) is 28.2 Å². The van der Waals surface area contributed by atoms with Crippen LogP contribution in [0.1, 0.15) is 12.0 Å². The summed E-state index contributed by atoms with van der Waals surface area (Å²) in [6.45, 7) is -0.0406. The minimum Gasteiger partial charge on any atom is -0.484 e. The number of rotatable bonds is 7. The van der Waals surface area contributed by atoms with Crippen LogP contribution in [-0.4, -0.2) is 43.4 Å². The zero-order valence-electron chi connectivity index (χ0n) is 18.1. The molecule has 3 aromatic rings. The number of carbonyl (C=O) groups excluding carboxylic acids is 1. The molecule has 0 bridgehead atoms. The fraction of sp³-hybridized carbons (Fsp3) is 0.240. The molecule has 1 heterocycles. The number of benzene rings is 3. The normalized spacial score (nSPS) is 16.9. The van der Waals surface area contributed by atoms with Crippen molar-refractivity contribution in [2.75, 3.05) is 18.1 Å². The van der Waals surface area contributed by atoms with E-state index in [2.05, 4.69) is 0 Å². The quantitative estimate of drug-likeness (QED) is 0.417. The van der Waals surface area contributed by atoms with Gasteiger partial charge in [0.1, 0.15) is 11.6 Å². The number of halogens is 3. The Morgan fingerprint density at radius 1 is 1.03 bits per heavy atom. The monoisotopic (exact) mass is 521 g/mol. The van der Waals surface area contributed by atoms with Crippen molar-refractivity contribution in [1.29, 1.82) is 0 Å². The van der Waals surface area contributed by atoms with Crippen LogP contribution in [0.5, 0.6) is 5.75 Å². The summed E-state index contributed by atoms with van der Waals surface area (Å²) in [5.74, 6) is -0.406. The number of nitrogens with zero attached hydrogens (tertiary/aromatic N) is 1. The summed E-state index contributed by atoms with van der Waals surface area (Å²) in [6, 6.07) is 17.8. The molecule has 0 saturated carbocycles. The van der Waals surface area contributed by atoms with Gasteiger partial charge in [0.25, 0.3) is 5.91 Å². The van der Waals surface area contributed by atoms with E-state index in [-0.39, 0.29) is 30.6 Å². The Morgan fingerprint density at radius 2 is 1.74 bits per heavy atom. The molecule has 0 N–H and O–H groups in total. The molecule has 0 aromatic heterocycles. The second-order valence-electron chi connectivity index (χ2n) is 8.14. The van der Waals surface area contributed by atoms with Gasteiger partial charge in [0.05, 0.1) is 11.5 Å². The molecule has 0 spiro atoms. The molecule has 5 nitrogen and oxygen atoms in total. The molecule has 1 saturated heterocycles. The minimum atomic E-state index is -3.19. The number of carbonyl (C=O) groups is 1. The van der Waals surface area contributed by atoms with Crippen LogP contribution in [0.4, 0.5) is 4.39 Å². The van der Waals surface area contributed by atoms with Gasteiger partial charge in [-0.15, -0.1) is 0 Å². The van der Waals surface area contributed by atoms with Crippen molar-refractivity contribution >= 4 is 38.9 Å². The Kier molecular flexibility index (Phi) is 7.45. The van der Waals surface area contributed by atoms with Crippen molar-refractivity contribution in [3.05, 3.63) is 88.2 Å². The van der Waals surface area contributed by atoms with Gasteiger partial charge < -0.3 is 9.64 Å². The molecule has 9 heteroatoms. The molecule has 34 heavy (non-hydrogen) atoms. The van der Waals surface area contributed by atoms with Crippen LogP contribution in [0.3, 0.4) is 0 Å². The Hall–Kier alpha value is -2.61. The van der Waals surface area contributed by atoms with Gasteiger partial charge in [0.2, 0.25) is 0 Å². The van der Waals surface area contributed by atoms with E-state index in [1.807, 2.05) is 30.3 Å². The highest BCUT2D eigenvalue weighted by Crippen LogP contribution is 2.31. The van der Waals surface area contributed by atoms with Gasteiger partial charge in [-0.1, -0.05) is 53.5 Å². The summed E-state index contributed by atoms with van der Waals surface area (Å²) in [7, 11) is -3.19. The molecule has 4 rings (SSSR count). The lowest BCUT2D eigenvalue weighted by molar-refractivity contribution is -0.136. The number of sulfone groups is 1. The first-order chi connectivity index (χ1) is 16.2. The standard InChI is InChI=1S/C25H22Cl2FNO4S/c26-19-5-10-23(24(27)13-19)18-3-1-17(2-4-18)14-29(21-11-12-34(31,32)16-21)25(30)15-33-22-8-6-20(28)7-9-22/h1-10,13,21H,11-12,14-16H2. The average molecular weight is 522 g/mol. The highest BCUT2D eigenvalue weighted by Gasteiger charge is 2.34. The van der Waals surface area contributed by atoms with Crippen molar-refractivity contribution in [2.24, 2.45) is 0 Å². The summed E-state index contributed by atoms with van der Waals surface area (Å²) >= 11 is 12.3. The largest absolute Gasteiger partial charge is 0.484 e. The number of ether oxygens (including phenoxy) is 1. The summed E-state index contributed by atoms with van der Waals surface area (Å²) < 4.78 is 42.8. The van der Waals surface area contributed by atoms with Crippen molar-refractivity contribution in [3.63, 3.8) is 0 Å². The maximum Gasteiger partial charge on any atom is 0.261 e. The number of hydrogen-bond acceptors (Lipinski definition) is 4. The lowest BCUT2D eigenvalue weighted by atomic mass is 10.0. The molecule has 1 amide bonds. The molecule has 0 aliphatic carbocycles. The Morgan fingerprint density at radius 3 is 2.35 bits per heavy atom. The lowest BCUT2D eigenvalue weighted by Gasteiger charge is -2.28. The van der Waals surface area contributed by atoms with Gasteiger partial charge in [-0.05, 0) is 53.9 Å². The van der Waals surface area contributed by atoms with Crippen molar-refractivity contribution in [1.82, 2.24) is 4.90 Å². The second kappa shape index (κ2) is 10.3. The molecular formula is C25H22Cl2FNO4S. The average Bonchev–Trinajstić information content (AvgIpc) is 3.17. The maximum absolute atomic E-state index is 13.1. The SMILES string of the molecule is O=C(COc1ccc(F)cc1)N(Cc1ccc(-c2ccc(Cl)cc2Cl)cc1)C1CCS(=O)(=O)C1. The van der Waals surface area contributed by atoms with E-state index in [1.165, 1.54) is 24.3 Å². The van der Waals surface area contributed by atoms with Crippen LogP contribution in [0.2, 0.25) is 10.0 Å². The molecular weight excluding hydrogens is 500 g/mol. The zero-order valence-corrected chi connectivity index (χ0v) is 20.4. The minimum absolute atomic E-state index is 0.0499. The van der Waals surface area contributed by atoms with E-state index in [9.17, 15) is 17.6 Å². The fourth-order valence-corrected chi connectivity index (χ4v) is 6.16. The summed E-state index contributed by atoms with van der Waals surface area (Å²) in [5.41, 5.74) is 2.57. The van der Waals surface area contributed by atoms with Gasteiger partial charge in [-0.2, -0.15) is 0 Å². The Labute approximate surface area is 208 Å². The van der Waals surface area contributed by atoms with Gasteiger partial charge in [-0.25, -0.2) is 12.8 Å². The maximum atomic E-state index is 13.1. The molecule has 178 valence electrons. The zero-order chi connectivity index (χ0) is 24.3. The topological polar surface area (TPSA) is 63.7 Å². The fourth-order valence-electron chi connectivity index (χ4n) is 3.91. The summed E-state index contributed by atoms with van der Waals surface area (Å²) in [4.78, 5) is 14.6. The van der Waals surface area contributed by atoms with Crippen molar-refractivity contribution < 1.29 is 22.3 Å².